The number of benzene rings is 2. The minimum absolute atomic E-state index is 0.0344. The van der Waals surface area contributed by atoms with E-state index < -0.39 is 4.92 Å². The van der Waals surface area contributed by atoms with Gasteiger partial charge in [-0.25, -0.2) is 9.97 Å². The van der Waals surface area contributed by atoms with E-state index in [1.165, 1.54) is 6.33 Å². The predicted molar refractivity (Wildman–Crippen MR) is 100 cm³/mol. The van der Waals surface area contributed by atoms with Crippen molar-refractivity contribution in [3.63, 3.8) is 0 Å². The number of hydrogen-bond acceptors (Lipinski definition) is 10. The van der Waals surface area contributed by atoms with Crippen LogP contribution in [-0.2, 0) is 0 Å². The van der Waals surface area contributed by atoms with Crippen LogP contribution in [0.2, 0.25) is 0 Å². The topological polar surface area (TPSA) is 130 Å². The highest BCUT2D eigenvalue weighted by molar-refractivity contribution is 5.77. The van der Waals surface area contributed by atoms with Crippen molar-refractivity contribution >= 4 is 28.7 Å². The van der Waals surface area contributed by atoms with Crippen molar-refractivity contribution in [2.75, 3.05) is 24.2 Å². The van der Waals surface area contributed by atoms with Crippen LogP contribution in [0.25, 0.3) is 0 Å². The Morgan fingerprint density at radius 3 is 1.76 bits per heavy atom. The molecule has 0 spiro atoms. The Labute approximate surface area is 163 Å². The van der Waals surface area contributed by atoms with Gasteiger partial charge in [-0.05, 0) is 24.3 Å². The number of aromatic nitrogens is 2. The van der Waals surface area contributed by atoms with E-state index in [2.05, 4.69) is 20.6 Å². The minimum atomic E-state index is -0.551. The minimum Gasteiger partial charge on any atom is -0.454 e. The molecule has 0 atom stereocenters. The van der Waals surface area contributed by atoms with Gasteiger partial charge in [-0.1, -0.05) is 0 Å². The third kappa shape index (κ3) is 3.14. The summed E-state index contributed by atoms with van der Waals surface area (Å²) in [7, 11) is 0. The maximum atomic E-state index is 11.8. The Bertz CT molecular complexity index is 1040. The highest BCUT2D eigenvalue weighted by Gasteiger charge is 2.25. The molecule has 2 aliphatic rings. The molecule has 146 valence electrons. The van der Waals surface area contributed by atoms with Crippen LogP contribution in [0.15, 0.2) is 42.7 Å². The van der Waals surface area contributed by atoms with E-state index in [1.807, 2.05) is 0 Å². The third-order valence-electron chi connectivity index (χ3n) is 4.28. The maximum absolute atomic E-state index is 11.8. The molecule has 0 saturated carbocycles. The van der Waals surface area contributed by atoms with Crippen molar-refractivity contribution in [2.24, 2.45) is 0 Å². The first kappa shape index (κ1) is 16.9. The van der Waals surface area contributed by atoms with Gasteiger partial charge in [0.1, 0.15) is 6.33 Å². The normalized spacial score (nSPS) is 13.2. The number of anilines is 4. The number of nitrogens with one attached hydrogen (secondary N) is 2. The molecule has 29 heavy (non-hydrogen) atoms. The molecule has 0 amide bonds. The zero-order valence-electron chi connectivity index (χ0n) is 14.7. The third-order valence-corrected chi connectivity index (χ3v) is 4.28. The largest absolute Gasteiger partial charge is 0.454 e. The smallest absolute Gasteiger partial charge is 0.353 e. The molecule has 0 bridgehead atoms. The molecule has 0 unspecified atom stereocenters. The zero-order chi connectivity index (χ0) is 19.8. The van der Waals surface area contributed by atoms with Gasteiger partial charge in [-0.3, -0.25) is 10.1 Å². The van der Waals surface area contributed by atoms with Gasteiger partial charge in [0.25, 0.3) is 0 Å². The van der Waals surface area contributed by atoms with Crippen LogP contribution in [0, 0.1) is 10.1 Å². The summed E-state index contributed by atoms with van der Waals surface area (Å²) < 4.78 is 21.2. The van der Waals surface area contributed by atoms with Gasteiger partial charge in [-0.15, -0.1) is 0 Å². The molecule has 0 fully saturated rings. The Balaban J connectivity index is 1.46. The van der Waals surface area contributed by atoms with E-state index in [9.17, 15) is 10.1 Å². The number of ether oxygens (including phenoxy) is 4. The van der Waals surface area contributed by atoms with E-state index in [4.69, 9.17) is 18.9 Å². The van der Waals surface area contributed by atoms with Crippen LogP contribution in [0.4, 0.5) is 28.7 Å². The Kier molecular flexibility index (Phi) is 3.90. The molecule has 1 aromatic heterocycles. The molecular weight excluding hydrogens is 382 g/mol. The average molecular weight is 395 g/mol. The summed E-state index contributed by atoms with van der Waals surface area (Å²) in [5, 5.41) is 17.6. The molecule has 5 rings (SSSR count). The molecule has 3 aromatic rings. The van der Waals surface area contributed by atoms with Gasteiger partial charge in [0.2, 0.25) is 25.2 Å². The fourth-order valence-corrected chi connectivity index (χ4v) is 2.96. The van der Waals surface area contributed by atoms with E-state index in [0.717, 1.165) is 0 Å². The molecule has 2 aromatic carbocycles. The van der Waals surface area contributed by atoms with Crippen LogP contribution >= 0.6 is 0 Å². The standard InChI is InChI=1S/C18H13N5O6/c24-23(25)16-17(21-10-1-3-12-14(5-10)28-8-26-12)19-7-20-18(16)22-11-2-4-13-15(6-11)29-9-27-13/h1-7H,8-9H2,(H2,19,20,21,22). The van der Waals surface area contributed by atoms with Crippen molar-refractivity contribution in [3.8, 4) is 23.0 Å². The quantitative estimate of drug-likeness (QED) is 0.490. The van der Waals surface area contributed by atoms with Crippen molar-refractivity contribution in [1.82, 2.24) is 9.97 Å². The predicted octanol–water partition coefficient (Wildman–Crippen LogP) is 3.33. The molecule has 2 N–H and O–H groups in total. The number of nitrogens with zero attached hydrogens (tertiary/aromatic N) is 3. The Morgan fingerprint density at radius 1 is 0.793 bits per heavy atom. The van der Waals surface area contributed by atoms with Gasteiger partial charge in [0.15, 0.2) is 23.0 Å². The molecule has 0 radical (unpaired) electrons. The summed E-state index contributed by atoms with van der Waals surface area (Å²) in [4.78, 5) is 19.3. The van der Waals surface area contributed by atoms with E-state index >= 15 is 0 Å². The van der Waals surface area contributed by atoms with E-state index in [1.54, 1.807) is 36.4 Å². The number of nitro groups is 1. The fraction of sp³-hybridized carbons (Fsp3) is 0.111. The lowest BCUT2D eigenvalue weighted by Crippen LogP contribution is -2.05. The molecule has 11 heteroatoms. The summed E-state index contributed by atoms with van der Waals surface area (Å²) in [6, 6.07) is 10.2. The molecule has 2 aliphatic heterocycles. The monoisotopic (exact) mass is 395 g/mol. The van der Waals surface area contributed by atoms with Crippen LogP contribution in [0.5, 0.6) is 23.0 Å². The van der Waals surface area contributed by atoms with Gasteiger partial charge < -0.3 is 29.6 Å². The van der Waals surface area contributed by atoms with E-state index in [-0.39, 0.29) is 30.9 Å². The Hall–Kier alpha value is -4.28. The van der Waals surface area contributed by atoms with Crippen molar-refractivity contribution in [2.45, 2.75) is 0 Å². The highest BCUT2D eigenvalue weighted by atomic mass is 16.7. The SMILES string of the molecule is O=[N+]([O-])c1c(Nc2ccc3c(c2)OCO3)ncnc1Nc1ccc2c(c1)OCO2. The molecular formula is C18H13N5O6. The van der Waals surface area contributed by atoms with Crippen molar-refractivity contribution in [3.05, 3.63) is 52.8 Å². The molecule has 0 aliphatic carbocycles. The molecule has 0 saturated heterocycles. The van der Waals surface area contributed by atoms with Gasteiger partial charge >= 0.3 is 5.69 Å². The maximum Gasteiger partial charge on any atom is 0.353 e. The number of fused-ring (bicyclic) bond motifs is 2. The first-order valence-electron chi connectivity index (χ1n) is 8.50. The summed E-state index contributed by atoms with van der Waals surface area (Å²) in [5.74, 6) is 2.38. The van der Waals surface area contributed by atoms with Gasteiger partial charge in [0.05, 0.1) is 4.92 Å². The first-order valence-corrected chi connectivity index (χ1v) is 8.50. The fourth-order valence-electron chi connectivity index (χ4n) is 2.96. The number of hydrogen-bond donors (Lipinski definition) is 2. The lowest BCUT2D eigenvalue weighted by molar-refractivity contribution is -0.383. The highest BCUT2D eigenvalue weighted by Crippen LogP contribution is 2.39. The van der Waals surface area contributed by atoms with Crippen LogP contribution < -0.4 is 29.6 Å². The van der Waals surface area contributed by atoms with E-state index in [0.29, 0.717) is 34.4 Å². The lowest BCUT2D eigenvalue weighted by Gasteiger charge is -2.11. The van der Waals surface area contributed by atoms with Gasteiger partial charge in [-0.2, -0.15) is 0 Å². The second-order valence-electron chi connectivity index (χ2n) is 6.06. The summed E-state index contributed by atoms with van der Waals surface area (Å²) >= 11 is 0. The number of rotatable bonds is 5. The average Bonchev–Trinajstić information content (AvgIpc) is 3.36. The van der Waals surface area contributed by atoms with Crippen molar-refractivity contribution < 1.29 is 23.9 Å². The summed E-state index contributed by atoms with van der Waals surface area (Å²) in [5.41, 5.74) is 0.818. The summed E-state index contributed by atoms with van der Waals surface area (Å²) in [6.45, 7) is 0.270. The van der Waals surface area contributed by atoms with Crippen LogP contribution in [-0.4, -0.2) is 28.5 Å². The first-order chi connectivity index (χ1) is 14.2. The van der Waals surface area contributed by atoms with Crippen LogP contribution in [0.1, 0.15) is 0 Å². The van der Waals surface area contributed by atoms with Crippen LogP contribution in [0.3, 0.4) is 0 Å². The second-order valence-corrected chi connectivity index (χ2v) is 6.06. The summed E-state index contributed by atoms with van der Waals surface area (Å²) in [6.07, 6.45) is 1.23. The molecule has 11 nitrogen and oxygen atoms in total. The second kappa shape index (κ2) is 6.71. The van der Waals surface area contributed by atoms with Crippen molar-refractivity contribution in [1.29, 1.82) is 0 Å². The van der Waals surface area contributed by atoms with Gasteiger partial charge in [0, 0.05) is 23.5 Å². The Morgan fingerprint density at radius 2 is 1.28 bits per heavy atom. The molecule has 3 heterocycles. The zero-order valence-corrected chi connectivity index (χ0v) is 14.7. The lowest BCUT2D eigenvalue weighted by atomic mass is 10.2.